The Hall–Kier alpha value is -4.31. The molecule has 1 aliphatic heterocycles. The molecule has 1 atom stereocenters. The Labute approximate surface area is 244 Å². The largest absolute Gasteiger partial charge is 0.497 e. The van der Waals surface area contributed by atoms with Crippen molar-refractivity contribution in [2.45, 2.75) is 25.0 Å². The Balaban J connectivity index is 1.31. The smallest absolute Gasteiger partial charge is 0.254 e. The molecule has 2 amide bonds. The highest BCUT2D eigenvalue weighted by Crippen LogP contribution is 2.31. The van der Waals surface area contributed by atoms with E-state index >= 15 is 0 Å². The summed E-state index contributed by atoms with van der Waals surface area (Å²) in [4.78, 5) is 30.2. The van der Waals surface area contributed by atoms with Crippen LogP contribution < -0.4 is 9.47 Å². The molecule has 0 saturated carbocycles. The molecule has 1 unspecified atom stereocenters. The van der Waals surface area contributed by atoms with Crippen molar-refractivity contribution in [3.8, 4) is 28.6 Å². The Bertz CT molecular complexity index is 1540. The third-order valence-corrected chi connectivity index (χ3v) is 8.15. The third-order valence-electron chi connectivity index (χ3n) is 7.23. The number of nitrogens with zero attached hydrogens (tertiary/aromatic N) is 5. The number of amides is 2. The van der Waals surface area contributed by atoms with E-state index in [0.717, 1.165) is 22.6 Å². The fourth-order valence-corrected chi connectivity index (χ4v) is 5.80. The van der Waals surface area contributed by atoms with Gasteiger partial charge in [-0.25, -0.2) is 0 Å². The van der Waals surface area contributed by atoms with Crippen molar-refractivity contribution in [1.82, 2.24) is 24.6 Å². The van der Waals surface area contributed by atoms with Gasteiger partial charge in [-0.1, -0.05) is 42.1 Å². The molecule has 5 rings (SSSR count). The Morgan fingerprint density at radius 3 is 2.39 bits per heavy atom. The minimum atomic E-state index is -0.0904. The summed E-state index contributed by atoms with van der Waals surface area (Å²) in [6, 6.07) is 22.8. The SMILES string of the molecule is COc1ccc(-n2c(SCC(=O)N3CCN(C(=O)c4ccccc4C)C(C)C3)nnc2-c2cccc(OC)c2)cc1. The summed E-state index contributed by atoms with van der Waals surface area (Å²) in [5, 5.41) is 9.54. The molecule has 2 heterocycles. The number of benzene rings is 3. The Morgan fingerprint density at radius 2 is 1.68 bits per heavy atom. The van der Waals surface area contributed by atoms with Gasteiger partial charge in [0.15, 0.2) is 11.0 Å². The van der Waals surface area contributed by atoms with Gasteiger partial charge in [0.25, 0.3) is 5.91 Å². The zero-order valence-electron chi connectivity index (χ0n) is 23.6. The van der Waals surface area contributed by atoms with Gasteiger partial charge in [-0.3, -0.25) is 14.2 Å². The number of ether oxygens (including phenoxy) is 2. The van der Waals surface area contributed by atoms with Crippen molar-refractivity contribution in [2.75, 3.05) is 39.6 Å². The maximum absolute atomic E-state index is 13.3. The molecular weight excluding hydrogens is 538 g/mol. The van der Waals surface area contributed by atoms with Crippen LogP contribution in [0.1, 0.15) is 22.8 Å². The fourth-order valence-electron chi connectivity index (χ4n) is 4.95. The number of aryl methyl sites for hydroxylation is 1. The molecule has 0 radical (unpaired) electrons. The highest BCUT2D eigenvalue weighted by Gasteiger charge is 2.31. The maximum Gasteiger partial charge on any atom is 0.254 e. The van der Waals surface area contributed by atoms with Gasteiger partial charge >= 0.3 is 0 Å². The average molecular weight is 572 g/mol. The van der Waals surface area contributed by atoms with E-state index in [0.29, 0.717) is 41.9 Å². The monoisotopic (exact) mass is 571 g/mol. The molecule has 3 aromatic carbocycles. The quantitative estimate of drug-likeness (QED) is 0.283. The minimum Gasteiger partial charge on any atom is -0.497 e. The summed E-state index contributed by atoms with van der Waals surface area (Å²) in [6.07, 6.45) is 0. The number of piperazine rings is 1. The molecule has 1 fully saturated rings. The summed E-state index contributed by atoms with van der Waals surface area (Å²) in [7, 11) is 3.25. The number of hydrogen-bond acceptors (Lipinski definition) is 7. The Morgan fingerprint density at radius 1 is 0.927 bits per heavy atom. The predicted octanol–water partition coefficient (Wildman–Crippen LogP) is 4.73. The lowest BCUT2D eigenvalue weighted by Gasteiger charge is -2.40. The molecule has 0 N–H and O–H groups in total. The van der Waals surface area contributed by atoms with Crippen LogP contribution in [0.5, 0.6) is 11.5 Å². The van der Waals surface area contributed by atoms with Crippen LogP contribution in [0, 0.1) is 6.92 Å². The van der Waals surface area contributed by atoms with Gasteiger partial charge in [0, 0.05) is 42.5 Å². The highest BCUT2D eigenvalue weighted by molar-refractivity contribution is 7.99. The van der Waals surface area contributed by atoms with E-state index in [1.807, 2.05) is 101 Å². The molecule has 10 heteroatoms. The normalized spacial score (nSPS) is 15.1. The van der Waals surface area contributed by atoms with Gasteiger partial charge in [-0.15, -0.1) is 10.2 Å². The maximum atomic E-state index is 13.3. The van der Waals surface area contributed by atoms with Crippen molar-refractivity contribution in [3.05, 3.63) is 83.9 Å². The van der Waals surface area contributed by atoms with Gasteiger partial charge in [0.05, 0.1) is 20.0 Å². The summed E-state index contributed by atoms with van der Waals surface area (Å²) in [5.41, 5.74) is 3.35. The van der Waals surface area contributed by atoms with Crippen LogP contribution >= 0.6 is 11.8 Å². The third kappa shape index (κ3) is 6.07. The second kappa shape index (κ2) is 12.5. The summed E-state index contributed by atoms with van der Waals surface area (Å²) in [5.74, 6) is 2.30. The van der Waals surface area contributed by atoms with Gasteiger partial charge in [-0.2, -0.15) is 0 Å². The number of hydrogen-bond donors (Lipinski definition) is 0. The van der Waals surface area contributed by atoms with E-state index in [1.165, 1.54) is 11.8 Å². The number of carbonyl (C=O) groups is 2. The molecule has 1 aliphatic rings. The highest BCUT2D eigenvalue weighted by atomic mass is 32.2. The molecule has 4 aromatic rings. The van der Waals surface area contributed by atoms with Crippen LogP contribution in [0.4, 0.5) is 0 Å². The number of thioether (sulfide) groups is 1. The van der Waals surface area contributed by atoms with Crippen molar-refractivity contribution in [1.29, 1.82) is 0 Å². The zero-order chi connectivity index (χ0) is 28.9. The summed E-state index contributed by atoms with van der Waals surface area (Å²) in [6.45, 7) is 5.40. The van der Waals surface area contributed by atoms with E-state index in [4.69, 9.17) is 9.47 Å². The lowest BCUT2D eigenvalue weighted by Crippen LogP contribution is -2.55. The number of carbonyl (C=O) groups excluding carboxylic acids is 2. The molecule has 1 saturated heterocycles. The zero-order valence-corrected chi connectivity index (χ0v) is 24.4. The van der Waals surface area contributed by atoms with Crippen LogP contribution in [-0.2, 0) is 4.79 Å². The van der Waals surface area contributed by atoms with Crippen molar-refractivity contribution in [2.24, 2.45) is 0 Å². The van der Waals surface area contributed by atoms with Crippen LogP contribution in [0.15, 0.2) is 78.0 Å². The van der Waals surface area contributed by atoms with E-state index in [9.17, 15) is 9.59 Å². The van der Waals surface area contributed by atoms with Crippen molar-refractivity contribution < 1.29 is 19.1 Å². The van der Waals surface area contributed by atoms with Crippen LogP contribution in [0.25, 0.3) is 17.1 Å². The average Bonchev–Trinajstić information content (AvgIpc) is 3.43. The minimum absolute atomic E-state index is 0.00273. The van der Waals surface area contributed by atoms with Gasteiger partial charge in [-0.05, 0) is 61.9 Å². The lowest BCUT2D eigenvalue weighted by molar-refractivity contribution is -0.130. The molecule has 0 spiro atoms. The van der Waals surface area contributed by atoms with Crippen molar-refractivity contribution >= 4 is 23.6 Å². The van der Waals surface area contributed by atoms with Crippen LogP contribution in [-0.4, -0.2) is 82.0 Å². The second-order valence-corrected chi connectivity index (χ2v) is 10.8. The first-order valence-electron chi connectivity index (χ1n) is 13.4. The topological polar surface area (TPSA) is 89.8 Å². The Kier molecular flexibility index (Phi) is 8.58. The van der Waals surface area contributed by atoms with Crippen LogP contribution in [0.3, 0.4) is 0 Å². The van der Waals surface area contributed by atoms with Crippen LogP contribution in [0.2, 0.25) is 0 Å². The summed E-state index contributed by atoms with van der Waals surface area (Å²) >= 11 is 1.34. The molecule has 1 aromatic heterocycles. The fraction of sp³-hybridized carbons (Fsp3) is 0.290. The van der Waals surface area contributed by atoms with E-state index in [-0.39, 0.29) is 23.6 Å². The van der Waals surface area contributed by atoms with Gasteiger partial charge in [0.2, 0.25) is 5.91 Å². The van der Waals surface area contributed by atoms with Crippen molar-refractivity contribution in [3.63, 3.8) is 0 Å². The molecule has 9 nitrogen and oxygen atoms in total. The van der Waals surface area contributed by atoms with E-state index < -0.39 is 0 Å². The number of aromatic nitrogens is 3. The number of methoxy groups -OCH3 is 2. The van der Waals surface area contributed by atoms with Gasteiger partial charge in [0.1, 0.15) is 11.5 Å². The molecule has 0 bridgehead atoms. The molecule has 0 aliphatic carbocycles. The summed E-state index contributed by atoms with van der Waals surface area (Å²) < 4.78 is 12.7. The molecule has 41 heavy (non-hydrogen) atoms. The van der Waals surface area contributed by atoms with Gasteiger partial charge < -0.3 is 19.3 Å². The van der Waals surface area contributed by atoms with E-state index in [1.54, 1.807) is 14.2 Å². The lowest BCUT2D eigenvalue weighted by atomic mass is 10.1. The first-order valence-corrected chi connectivity index (χ1v) is 14.4. The molecular formula is C31H33N5O4S. The van der Waals surface area contributed by atoms with E-state index in [2.05, 4.69) is 10.2 Å². The first kappa shape index (κ1) is 28.2. The number of rotatable bonds is 8. The first-order chi connectivity index (χ1) is 19.9. The molecule has 212 valence electrons. The standard InChI is InChI=1S/C31H33N5O4S/c1-21-8-5-6-11-27(21)30(38)35-17-16-34(19-22(35)2)28(37)20-41-31-33-32-29(23-9-7-10-26(18-23)40-4)36(31)24-12-14-25(39-3)15-13-24/h5-15,18,22H,16-17,19-20H2,1-4H3. The predicted molar refractivity (Wildman–Crippen MR) is 159 cm³/mol. The second-order valence-electron chi connectivity index (χ2n) is 9.86.